The van der Waals surface area contributed by atoms with Gasteiger partial charge in [0.2, 0.25) is 5.91 Å². The number of hydrogen-bond acceptors (Lipinski definition) is 6. The number of nitrogens with one attached hydrogen (secondary N) is 1. The van der Waals surface area contributed by atoms with E-state index in [1.165, 1.54) is 30.2 Å². The molecule has 2 aromatic rings. The van der Waals surface area contributed by atoms with Gasteiger partial charge in [-0.2, -0.15) is 0 Å². The fourth-order valence-electron chi connectivity index (χ4n) is 3.05. The first-order valence-corrected chi connectivity index (χ1v) is 8.65. The van der Waals surface area contributed by atoms with Crippen molar-refractivity contribution in [1.29, 1.82) is 0 Å². The van der Waals surface area contributed by atoms with E-state index in [1.54, 1.807) is 31.2 Å². The molecule has 146 valence electrons. The number of esters is 1. The van der Waals surface area contributed by atoms with Crippen LogP contribution in [0.25, 0.3) is 0 Å². The zero-order valence-electron chi connectivity index (χ0n) is 15.5. The highest BCUT2D eigenvalue weighted by Gasteiger charge is 2.30. The van der Waals surface area contributed by atoms with Gasteiger partial charge in [-0.05, 0) is 37.3 Å². The molecule has 1 aliphatic rings. The Morgan fingerprint density at radius 1 is 1.25 bits per heavy atom. The number of fused-ring (bicyclic) bond motifs is 1. The van der Waals surface area contributed by atoms with Crippen LogP contribution in [0, 0.1) is 0 Å². The van der Waals surface area contributed by atoms with Gasteiger partial charge in [0.15, 0.2) is 6.61 Å². The van der Waals surface area contributed by atoms with Crippen LogP contribution >= 0.6 is 0 Å². The summed E-state index contributed by atoms with van der Waals surface area (Å²) in [5.74, 6) is -1.44. The van der Waals surface area contributed by atoms with Crippen LogP contribution in [0.5, 0.6) is 11.5 Å². The minimum Gasteiger partial charge on any atom is -0.507 e. The van der Waals surface area contributed by atoms with E-state index in [0.717, 1.165) is 0 Å². The minimum absolute atomic E-state index is 0.103. The highest BCUT2D eigenvalue weighted by Crippen LogP contribution is 2.31. The van der Waals surface area contributed by atoms with Crippen molar-refractivity contribution in [3.05, 3.63) is 48.0 Å². The van der Waals surface area contributed by atoms with Crippen LogP contribution in [-0.2, 0) is 14.3 Å². The van der Waals surface area contributed by atoms with Crippen molar-refractivity contribution in [1.82, 2.24) is 0 Å². The highest BCUT2D eigenvalue weighted by atomic mass is 16.5. The molecule has 0 saturated carbocycles. The number of rotatable bonds is 4. The van der Waals surface area contributed by atoms with Gasteiger partial charge in [-0.25, -0.2) is 4.79 Å². The molecule has 0 aromatic heterocycles. The number of aromatic hydroxyl groups is 1. The van der Waals surface area contributed by atoms with Crippen LogP contribution in [-0.4, -0.2) is 42.6 Å². The topological polar surface area (TPSA) is 105 Å². The molecule has 2 amide bonds. The lowest BCUT2D eigenvalue weighted by Gasteiger charge is -2.27. The zero-order chi connectivity index (χ0) is 20.3. The molecule has 2 N–H and O–H groups in total. The molecule has 1 heterocycles. The summed E-state index contributed by atoms with van der Waals surface area (Å²) in [5.41, 5.74) is 0.946. The molecule has 8 heteroatoms. The molecule has 8 nitrogen and oxygen atoms in total. The highest BCUT2D eigenvalue weighted by molar-refractivity contribution is 6.05. The van der Waals surface area contributed by atoms with E-state index in [-0.39, 0.29) is 23.6 Å². The van der Waals surface area contributed by atoms with Crippen molar-refractivity contribution >= 4 is 29.2 Å². The second-order valence-corrected chi connectivity index (χ2v) is 6.34. The van der Waals surface area contributed by atoms with Crippen molar-refractivity contribution in [3.63, 3.8) is 0 Å². The van der Waals surface area contributed by atoms with Gasteiger partial charge in [0.1, 0.15) is 17.1 Å². The Bertz CT molecular complexity index is 927. The molecule has 0 aliphatic carbocycles. The Balaban J connectivity index is 1.77. The number of amides is 2. The van der Waals surface area contributed by atoms with Gasteiger partial charge in [0, 0.05) is 12.5 Å². The van der Waals surface area contributed by atoms with Crippen molar-refractivity contribution in [2.75, 3.05) is 23.9 Å². The van der Waals surface area contributed by atoms with Crippen LogP contribution < -0.4 is 15.0 Å². The van der Waals surface area contributed by atoms with E-state index >= 15 is 0 Å². The number of anilines is 2. The van der Waals surface area contributed by atoms with E-state index in [1.807, 2.05) is 0 Å². The predicted octanol–water partition coefficient (Wildman–Crippen LogP) is 2.32. The quantitative estimate of drug-likeness (QED) is 0.784. The monoisotopic (exact) mass is 384 g/mol. The first-order chi connectivity index (χ1) is 13.4. The summed E-state index contributed by atoms with van der Waals surface area (Å²) in [6, 6.07) is 10.6. The maximum atomic E-state index is 12.8. The summed E-state index contributed by atoms with van der Waals surface area (Å²) in [4.78, 5) is 38.5. The summed E-state index contributed by atoms with van der Waals surface area (Å²) in [7, 11) is 1.43. The lowest BCUT2D eigenvalue weighted by molar-refractivity contribution is -0.122. The van der Waals surface area contributed by atoms with E-state index < -0.39 is 24.5 Å². The van der Waals surface area contributed by atoms with Crippen molar-refractivity contribution in [2.45, 2.75) is 19.4 Å². The molecular formula is C20H20N2O6. The van der Waals surface area contributed by atoms with Gasteiger partial charge in [0.25, 0.3) is 5.91 Å². The first kappa shape index (κ1) is 19.2. The van der Waals surface area contributed by atoms with Gasteiger partial charge >= 0.3 is 5.97 Å². The molecule has 0 saturated heterocycles. The number of methoxy groups -OCH3 is 1. The number of para-hydroxylation sites is 2. The second-order valence-electron chi connectivity index (χ2n) is 6.34. The smallest absolute Gasteiger partial charge is 0.342 e. The molecule has 0 unspecified atom stereocenters. The normalized spacial score (nSPS) is 15.9. The number of carbonyl (C=O) groups excluding carboxylic acids is 3. The molecule has 0 bridgehead atoms. The summed E-state index contributed by atoms with van der Waals surface area (Å²) in [6.45, 7) is 1.21. The van der Waals surface area contributed by atoms with Crippen LogP contribution in [0.15, 0.2) is 42.5 Å². The zero-order valence-corrected chi connectivity index (χ0v) is 15.5. The Hall–Kier alpha value is -3.55. The van der Waals surface area contributed by atoms with Crippen LogP contribution in [0.1, 0.15) is 23.7 Å². The third-order valence-electron chi connectivity index (χ3n) is 4.38. The van der Waals surface area contributed by atoms with E-state index in [4.69, 9.17) is 9.47 Å². The number of nitrogens with zero attached hydrogens (tertiary/aromatic N) is 1. The molecule has 0 radical (unpaired) electrons. The number of phenolic OH excluding ortho intramolecular Hbond substituents is 1. The summed E-state index contributed by atoms with van der Waals surface area (Å²) in [5, 5.41) is 12.6. The average molecular weight is 384 g/mol. The molecule has 0 spiro atoms. The Morgan fingerprint density at radius 3 is 2.75 bits per heavy atom. The van der Waals surface area contributed by atoms with Crippen LogP contribution in [0.4, 0.5) is 11.4 Å². The Kier molecular flexibility index (Phi) is 5.49. The van der Waals surface area contributed by atoms with Gasteiger partial charge in [-0.1, -0.05) is 12.1 Å². The van der Waals surface area contributed by atoms with Crippen molar-refractivity contribution in [2.24, 2.45) is 0 Å². The van der Waals surface area contributed by atoms with Gasteiger partial charge in [-0.15, -0.1) is 0 Å². The number of benzene rings is 2. The third kappa shape index (κ3) is 3.90. The molecule has 28 heavy (non-hydrogen) atoms. The van der Waals surface area contributed by atoms with E-state index in [2.05, 4.69) is 5.32 Å². The van der Waals surface area contributed by atoms with E-state index in [9.17, 15) is 19.5 Å². The lowest BCUT2D eigenvalue weighted by Crippen LogP contribution is -2.41. The molecule has 0 fully saturated rings. The first-order valence-electron chi connectivity index (χ1n) is 8.65. The van der Waals surface area contributed by atoms with Crippen LogP contribution in [0.3, 0.4) is 0 Å². The van der Waals surface area contributed by atoms with E-state index in [0.29, 0.717) is 17.1 Å². The summed E-state index contributed by atoms with van der Waals surface area (Å²) in [6.07, 6.45) is 0.116. The van der Waals surface area contributed by atoms with Crippen molar-refractivity contribution < 1.29 is 29.0 Å². The molecule has 2 aromatic carbocycles. The maximum absolute atomic E-state index is 12.8. The van der Waals surface area contributed by atoms with Crippen LogP contribution in [0.2, 0.25) is 0 Å². The average Bonchev–Trinajstić information content (AvgIpc) is 2.80. The maximum Gasteiger partial charge on any atom is 0.342 e. The number of ether oxygens (including phenoxy) is 2. The fourth-order valence-corrected chi connectivity index (χ4v) is 3.05. The lowest BCUT2D eigenvalue weighted by atomic mass is 10.1. The number of carbonyl (C=O) groups is 3. The second kappa shape index (κ2) is 7.99. The summed E-state index contributed by atoms with van der Waals surface area (Å²) >= 11 is 0. The van der Waals surface area contributed by atoms with Gasteiger partial charge < -0.3 is 24.8 Å². The Morgan fingerprint density at radius 2 is 2.00 bits per heavy atom. The fraction of sp³-hybridized carbons (Fsp3) is 0.250. The molecule has 1 aliphatic heterocycles. The molecular weight excluding hydrogens is 364 g/mol. The predicted molar refractivity (Wildman–Crippen MR) is 102 cm³/mol. The summed E-state index contributed by atoms with van der Waals surface area (Å²) < 4.78 is 10.1. The molecule has 1 atom stereocenters. The minimum atomic E-state index is -0.852. The number of hydrogen-bond donors (Lipinski definition) is 2. The van der Waals surface area contributed by atoms with Gasteiger partial charge in [0.05, 0.1) is 18.5 Å². The molecule has 3 rings (SSSR count). The third-order valence-corrected chi connectivity index (χ3v) is 4.38. The standard InChI is InChI=1S/C20H20N2O6/c1-12-9-18(24)21-15-5-3-4-6-16(15)22(12)19(25)11-28-20(26)14-10-13(27-2)7-8-17(14)23/h3-8,10,12,23H,9,11H2,1-2H3,(H,21,24)/t12-/m0/s1. The Labute approximate surface area is 161 Å². The number of phenols is 1. The largest absolute Gasteiger partial charge is 0.507 e. The van der Waals surface area contributed by atoms with Gasteiger partial charge in [-0.3, -0.25) is 9.59 Å². The van der Waals surface area contributed by atoms with Crippen molar-refractivity contribution in [3.8, 4) is 11.5 Å². The SMILES string of the molecule is COc1ccc(O)c(C(=O)OCC(=O)N2c3ccccc3NC(=O)C[C@@H]2C)c1.